The third kappa shape index (κ3) is 9.78. The van der Waals surface area contributed by atoms with Crippen LogP contribution >= 0.6 is 0 Å². The second-order valence-electron chi connectivity index (χ2n) is 7.99. The summed E-state index contributed by atoms with van der Waals surface area (Å²) in [6, 6.07) is 3.61. The number of aliphatic carboxylic acids is 3. The molecule has 1 saturated heterocycles. The minimum absolute atomic E-state index is 0.0501. The summed E-state index contributed by atoms with van der Waals surface area (Å²) in [5, 5.41) is 27.6. The van der Waals surface area contributed by atoms with E-state index < -0.39 is 29.5 Å². The Labute approximate surface area is 190 Å². The monoisotopic (exact) mass is 472 g/mol. The number of hydrogen-bond acceptors (Lipinski definition) is 7. The van der Waals surface area contributed by atoms with Crippen molar-refractivity contribution in [3.63, 3.8) is 0 Å². The molecule has 0 aromatic heterocycles. The molecule has 0 aliphatic carbocycles. The van der Waals surface area contributed by atoms with Crippen molar-refractivity contribution in [3.05, 3.63) is 35.4 Å². The standard InChI is InChI=1S/C21H30F2N4O6/c22-17-2-1-3-18(23)16(17)12-24-4-6-25(13-19(28)29)8-10-27(15-21(32)33)11-9-26(7-5-24)14-20(30)31/h1-3H,4-15H2,(H,28,29)(H,30,31)(H,32,33). The second kappa shape index (κ2) is 13.1. The van der Waals surface area contributed by atoms with Gasteiger partial charge in [0.15, 0.2) is 0 Å². The van der Waals surface area contributed by atoms with Crippen molar-refractivity contribution in [1.29, 1.82) is 0 Å². The van der Waals surface area contributed by atoms with E-state index in [4.69, 9.17) is 0 Å². The Morgan fingerprint density at radius 1 is 0.636 bits per heavy atom. The molecule has 2 rings (SSSR count). The molecule has 0 radical (unpaired) electrons. The molecule has 1 fully saturated rings. The summed E-state index contributed by atoms with van der Waals surface area (Å²) in [7, 11) is 0. The lowest BCUT2D eigenvalue weighted by Crippen LogP contribution is -2.48. The van der Waals surface area contributed by atoms with Crippen LogP contribution in [0, 0.1) is 11.6 Å². The van der Waals surface area contributed by atoms with Gasteiger partial charge in [0, 0.05) is 64.5 Å². The van der Waals surface area contributed by atoms with Crippen LogP contribution < -0.4 is 0 Å². The average Bonchev–Trinajstić information content (AvgIpc) is 2.71. The fourth-order valence-corrected chi connectivity index (χ4v) is 3.69. The molecule has 1 aliphatic rings. The highest BCUT2D eigenvalue weighted by atomic mass is 19.1. The maximum atomic E-state index is 14.2. The van der Waals surface area contributed by atoms with Crippen molar-refractivity contribution in [1.82, 2.24) is 19.6 Å². The van der Waals surface area contributed by atoms with Gasteiger partial charge in [-0.15, -0.1) is 0 Å². The van der Waals surface area contributed by atoms with E-state index >= 15 is 0 Å². The lowest BCUT2D eigenvalue weighted by molar-refractivity contribution is -0.140. The van der Waals surface area contributed by atoms with Crippen LogP contribution in [0.5, 0.6) is 0 Å². The Bertz CT molecular complexity index is 776. The molecule has 1 aromatic carbocycles. The minimum Gasteiger partial charge on any atom is -0.480 e. The summed E-state index contributed by atoms with van der Waals surface area (Å²) in [6.45, 7) is 1.45. The molecule has 0 bridgehead atoms. The highest BCUT2D eigenvalue weighted by molar-refractivity contribution is 5.69. The van der Waals surface area contributed by atoms with E-state index in [1.165, 1.54) is 18.2 Å². The zero-order chi connectivity index (χ0) is 24.4. The predicted octanol–water partition coefficient (Wildman–Crippen LogP) is -0.0598. The quantitative estimate of drug-likeness (QED) is 0.474. The smallest absolute Gasteiger partial charge is 0.317 e. The van der Waals surface area contributed by atoms with Gasteiger partial charge in [0.25, 0.3) is 0 Å². The Morgan fingerprint density at radius 3 is 1.24 bits per heavy atom. The lowest BCUT2D eigenvalue weighted by Gasteiger charge is -2.33. The summed E-state index contributed by atoms with van der Waals surface area (Å²) < 4.78 is 28.4. The third-order valence-corrected chi connectivity index (χ3v) is 5.45. The largest absolute Gasteiger partial charge is 0.480 e. The summed E-state index contributed by atoms with van der Waals surface area (Å²) in [6.07, 6.45) is 0. The predicted molar refractivity (Wildman–Crippen MR) is 114 cm³/mol. The molecule has 0 saturated carbocycles. The first-order valence-electron chi connectivity index (χ1n) is 10.6. The molecule has 1 aromatic rings. The zero-order valence-electron chi connectivity index (χ0n) is 18.3. The number of benzene rings is 1. The van der Waals surface area contributed by atoms with Crippen molar-refractivity contribution in [2.75, 3.05) is 72.0 Å². The van der Waals surface area contributed by atoms with Gasteiger partial charge in [-0.2, -0.15) is 0 Å². The third-order valence-electron chi connectivity index (χ3n) is 5.45. The molecule has 0 amide bonds. The summed E-state index contributed by atoms with van der Waals surface area (Å²) in [5.41, 5.74) is -0.105. The Kier molecular flexibility index (Phi) is 10.6. The number of carboxylic acids is 3. The Morgan fingerprint density at radius 2 is 0.939 bits per heavy atom. The summed E-state index contributed by atoms with van der Waals surface area (Å²) in [4.78, 5) is 40.5. The molecule has 1 aliphatic heterocycles. The van der Waals surface area contributed by atoms with Gasteiger partial charge in [0.2, 0.25) is 0 Å². The van der Waals surface area contributed by atoms with Gasteiger partial charge in [0.1, 0.15) is 11.6 Å². The molecule has 0 spiro atoms. The van der Waals surface area contributed by atoms with Gasteiger partial charge in [0.05, 0.1) is 19.6 Å². The van der Waals surface area contributed by atoms with Crippen LogP contribution in [0.3, 0.4) is 0 Å². The molecular weight excluding hydrogens is 442 g/mol. The SMILES string of the molecule is O=C(O)CN1CCN(CC(=O)O)CCN(Cc2c(F)cccc2F)CCN(CC(=O)O)CC1. The van der Waals surface area contributed by atoms with E-state index in [1.807, 2.05) is 0 Å². The van der Waals surface area contributed by atoms with Gasteiger partial charge < -0.3 is 15.3 Å². The van der Waals surface area contributed by atoms with E-state index in [0.717, 1.165) is 0 Å². The van der Waals surface area contributed by atoms with E-state index in [-0.39, 0.29) is 71.0 Å². The van der Waals surface area contributed by atoms with Crippen molar-refractivity contribution in [3.8, 4) is 0 Å². The van der Waals surface area contributed by atoms with E-state index in [1.54, 1.807) is 19.6 Å². The fraction of sp³-hybridized carbons (Fsp3) is 0.571. The van der Waals surface area contributed by atoms with Gasteiger partial charge in [-0.3, -0.25) is 34.0 Å². The minimum atomic E-state index is -1.04. The fourth-order valence-electron chi connectivity index (χ4n) is 3.69. The Hall–Kier alpha value is -2.67. The maximum absolute atomic E-state index is 14.2. The van der Waals surface area contributed by atoms with Crippen molar-refractivity contribution in [2.45, 2.75) is 6.54 Å². The first-order chi connectivity index (χ1) is 15.6. The van der Waals surface area contributed by atoms with Crippen LogP contribution in [-0.4, -0.2) is 125 Å². The lowest BCUT2D eigenvalue weighted by atomic mass is 10.1. The zero-order valence-corrected chi connectivity index (χ0v) is 18.3. The normalized spacial score (nSPS) is 18.4. The van der Waals surface area contributed by atoms with E-state index in [0.29, 0.717) is 13.1 Å². The van der Waals surface area contributed by atoms with Crippen LogP contribution in [0.15, 0.2) is 18.2 Å². The molecule has 10 nitrogen and oxygen atoms in total. The number of carboxylic acid groups (broad SMARTS) is 3. The first kappa shape index (κ1) is 26.6. The van der Waals surface area contributed by atoms with Crippen LogP contribution in [0.4, 0.5) is 8.78 Å². The van der Waals surface area contributed by atoms with E-state index in [2.05, 4.69) is 0 Å². The molecule has 0 atom stereocenters. The number of nitrogens with zero attached hydrogens (tertiary/aromatic N) is 4. The van der Waals surface area contributed by atoms with Crippen LogP contribution in [0.1, 0.15) is 5.56 Å². The first-order valence-corrected chi connectivity index (χ1v) is 10.6. The molecular formula is C21H30F2N4O6. The van der Waals surface area contributed by atoms with Crippen LogP contribution in [0.25, 0.3) is 0 Å². The topological polar surface area (TPSA) is 125 Å². The summed E-state index contributed by atoms with van der Waals surface area (Å²) in [5.74, 6) is -4.47. The van der Waals surface area contributed by atoms with Crippen molar-refractivity contribution >= 4 is 17.9 Å². The Balaban J connectivity index is 2.21. The molecule has 33 heavy (non-hydrogen) atoms. The molecule has 3 N–H and O–H groups in total. The molecule has 0 unspecified atom stereocenters. The van der Waals surface area contributed by atoms with Crippen molar-refractivity contribution in [2.24, 2.45) is 0 Å². The number of halogens is 2. The molecule has 184 valence electrons. The van der Waals surface area contributed by atoms with Crippen LogP contribution in [0.2, 0.25) is 0 Å². The van der Waals surface area contributed by atoms with Gasteiger partial charge in [-0.05, 0) is 12.1 Å². The van der Waals surface area contributed by atoms with Gasteiger partial charge in [-0.25, -0.2) is 8.78 Å². The highest BCUT2D eigenvalue weighted by Crippen LogP contribution is 2.15. The molecule has 12 heteroatoms. The second-order valence-corrected chi connectivity index (χ2v) is 7.99. The van der Waals surface area contributed by atoms with Gasteiger partial charge >= 0.3 is 17.9 Å². The number of rotatable bonds is 8. The van der Waals surface area contributed by atoms with Gasteiger partial charge in [-0.1, -0.05) is 6.07 Å². The summed E-state index contributed by atoms with van der Waals surface area (Å²) >= 11 is 0. The van der Waals surface area contributed by atoms with Crippen LogP contribution in [-0.2, 0) is 20.9 Å². The van der Waals surface area contributed by atoms with Crippen molar-refractivity contribution < 1.29 is 38.5 Å². The maximum Gasteiger partial charge on any atom is 0.317 e. The van der Waals surface area contributed by atoms with E-state index in [9.17, 15) is 38.5 Å². The molecule has 1 heterocycles. The average molecular weight is 472 g/mol. The highest BCUT2D eigenvalue weighted by Gasteiger charge is 2.21. The number of hydrogen-bond donors (Lipinski definition) is 3. The number of carbonyl (C=O) groups is 3.